The molecule has 0 atom stereocenters. The Hall–Kier alpha value is -1.19. The zero-order valence-electron chi connectivity index (χ0n) is 5.33. The van der Waals surface area contributed by atoms with E-state index in [0.717, 1.165) is 16.0 Å². The predicted molar refractivity (Wildman–Crippen MR) is 32.9 cm³/mol. The highest BCUT2D eigenvalue weighted by atomic mass is 16.3. The zero-order chi connectivity index (χ0) is 6.85. The molecule has 0 bridgehead atoms. The predicted octanol–water partition coefficient (Wildman–Crippen LogP) is 1.03. The molecule has 0 aromatic carbocycles. The van der Waals surface area contributed by atoms with Crippen molar-refractivity contribution >= 4 is 0 Å². The van der Waals surface area contributed by atoms with Gasteiger partial charge in [-0.25, -0.2) is 0 Å². The molecular weight excluding hydrogens is 118 g/mol. The van der Waals surface area contributed by atoms with Crippen LogP contribution in [-0.4, -0.2) is 9.89 Å². The minimum Gasteiger partial charge on any atom is -0.156 e. The van der Waals surface area contributed by atoms with E-state index in [1.807, 2.05) is 6.92 Å². The van der Waals surface area contributed by atoms with Crippen molar-refractivity contribution in [1.29, 1.82) is 0 Å². The maximum Gasteiger partial charge on any atom is 0.0799 e. The van der Waals surface area contributed by atoms with Gasteiger partial charge in [0.25, 0.3) is 0 Å². The van der Waals surface area contributed by atoms with E-state index in [2.05, 4.69) is 10.4 Å². The van der Waals surface area contributed by atoms with Gasteiger partial charge in [-0.2, -0.15) is 5.10 Å². The van der Waals surface area contributed by atoms with Gasteiger partial charge in [0.05, 0.1) is 17.2 Å². The van der Waals surface area contributed by atoms with Crippen molar-refractivity contribution in [3.63, 3.8) is 0 Å². The summed E-state index contributed by atoms with van der Waals surface area (Å²) in [5, 5.41) is 6.32. The standard InChI is InChI=1S/C5H7N3O/c1-4-3-6-8(7-9)5(4)2/h3H,1-2H3. The molecule has 1 heterocycles. The van der Waals surface area contributed by atoms with Crippen LogP contribution in [0.3, 0.4) is 0 Å². The molecule has 1 rings (SSSR count). The first-order chi connectivity index (χ1) is 4.25. The van der Waals surface area contributed by atoms with Gasteiger partial charge < -0.3 is 0 Å². The SMILES string of the molecule is Cc1cnn(N=O)c1C. The Kier molecular flexibility index (Phi) is 1.30. The molecule has 1 aromatic rings. The molecule has 4 nitrogen and oxygen atoms in total. The summed E-state index contributed by atoms with van der Waals surface area (Å²) in [5.41, 5.74) is 1.78. The van der Waals surface area contributed by atoms with Crippen molar-refractivity contribution in [2.24, 2.45) is 5.29 Å². The first-order valence-electron chi connectivity index (χ1n) is 2.60. The number of aromatic nitrogens is 2. The fourth-order valence-electron chi connectivity index (χ4n) is 0.561. The largest absolute Gasteiger partial charge is 0.156 e. The third kappa shape index (κ3) is 0.826. The van der Waals surface area contributed by atoms with E-state index >= 15 is 0 Å². The molecule has 1 aromatic heterocycles. The van der Waals surface area contributed by atoms with Gasteiger partial charge in [-0.15, -0.1) is 9.70 Å². The quantitative estimate of drug-likeness (QED) is 0.526. The van der Waals surface area contributed by atoms with Gasteiger partial charge in [0.15, 0.2) is 0 Å². The van der Waals surface area contributed by atoms with E-state index in [1.165, 1.54) is 0 Å². The lowest BCUT2D eigenvalue weighted by Crippen LogP contribution is -1.90. The smallest absolute Gasteiger partial charge is 0.0799 e. The fraction of sp³-hybridized carbons (Fsp3) is 0.400. The maximum absolute atomic E-state index is 9.89. The third-order valence-electron chi connectivity index (χ3n) is 1.31. The van der Waals surface area contributed by atoms with Crippen LogP contribution >= 0.6 is 0 Å². The van der Waals surface area contributed by atoms with E-state index < -0.39 is 0 Å². The molecule has 9 heavy (non-hydrogen) atoms. The van der Waals surface area contributed by atoms with Crippen LogP contribution in [0.4, 0.5) is 0 Å². The molecule has 48 valence electrons. The molecular formula is C5H7N3O. The van der Waals surface area contributed by atoms with Crippen LogP contribution in [0.15, 0.2) is 11.5 Å². The maximum atomic E-state index is 9.89. The average Bonchev–Trinajstić information content (AvgIpc) is 2.15. The highest BCUT2D eigenvalue weighted by molar-refractivity contribution is 5.12. The Morgan fingerprint density at radius 1 is 1.67 bits per heavy atom. The van der Waals surface area contributed by atoms with Crippen LogP contribution in [-0.2, 0) is 0 Å². The summed E-state index contributed by atoms with van der Waals surface area (Å²) >= 11 is 0. The van der Waals surface area contributed by atoms with Gasteiger partial charge in [-0.05, 0) is 19.4 Å². The van der Waals surface area contributed by atoms with Crippen molar-refractivity contribution in [1.82, 2.24) is 9.89 Å². The summed E-state index contributed by atoms with van der Waals surface area (Å²) in [7, 11) is 0. The number of hydrogen-bond donors (Lipinski definition) is 0. The Labute approximate surface area is 52.4 Å². The van der Waals surface area contributed by atoms with Gasteiger partial charge in [-0.1, -0.05) is 0 Å². The number of rotatable bonds is 1. The van der Waals surface area contributed by atoms with Crippen LogP contribution in [0.1, 0.15) is 11.3 Å². The Morgan fingerprint density at radius 3 is 2.56 bits per heavy atom. The van der Waals surface area contributed by atoms with E-state index in [4.69, 9.17) is 0 Å². The van der Waals surface area contributed by atoms with E-state index in [9.17, 15) is 4.91 Å². The highest BCUT2D eigenvalue weighted by Crippen LogP contribution is 2.02. The normalized spacial score (nSPS) is 9.56. The van der Waals surface area contributed by atoms with Crippen molar-refractivity contribution in [2.45, 2.75) is 13.8 Å². The monoisotopic (exact) mass is 125 g/mol. The van der Waals surface area contributed by atoms with Gasteiger partial charge >= 0.3 is 0 Å². The topological polar surface area (TPSA) is 47.2 Å². The van der Waals surface area contributed by atoms with Crippen LogP contribution in [0, 0.1) is 18.8 Å². The van der Waals surface area contributed by atoms with Crippen LogP contribution in [0.25, 0.3) is 0 Å². The van der Waals surface area contributed by atoms with Crippen LogP contribution < -0.4 is 0 Å². The molecule has 0 amide bonds. The summed E-state index contributed by atoms with van der Waals surface area (Å²) in [5.74, 6) is 0. The Morgan fingerprint density at radius 2 is 2.33 bits per heavy atom. The second-order valence-corrected chi connectivity index (χ2v) is 1.88. The zero-order valence-corrected chi connectivity index (χ0v) is 5.33. The van der Waals surface area contributed by atoms with Gasteiger partial charge in [0, 0.05) is 0 Å². The van der Waals surface area contributed by atoms with Crippen molar-refractivity contribution in [3.8, 4) is 0 Å². The lowest BCUT2D eigenvalue weighted by atomic mass is 10.3. The van der Waals surface area contributed by atoms with Gasteiger partial charge in [-0.3, -0.25) is 0 Å². The van der Waals surface area contributed by atoms with Crippen molar-refractivity contribution in [3.05, 3.63) is 22.4 Å². The number of nitroso groups, excluding NO2 is 1. The van der Waals surface area contributed by atoms with Gasteiger partial charge in [0.2, 0.25) is 0 Å². The molecule has 0 saturated carbocycles. The summed E-state index contributed by atoms with van der Waals surface area (Å²) in [6.45, 7) is 3.67. The van der Waals surface area contributed by atoms with Crippen LogP contribution in [0.2, 0.25) is 0 Å². The Balaban J connectivity index is 3.18. The molecule has 0 aliphatic heterocycles. The molecule has 0 aliphatic carbocycles. The average molecular weight is 125 g/mol. The summed E-state index contributed by atoms with van der Waals surface area (Å²) in [4.78, 5) is 11.0. The summed E-state index contributed by atoms with van der Waals surface area (Å²) < 4.78 is 0. The molecule has 4 heteroatoms. The lowest BCUT2D eigenvalue weighted by Gasteiger charge is -1.87. The molecule has 0 aliphatic rings. The number of hydrogen-bond acceptors (Lipinski definition) is 3. The Bertz CT molecular complexity index is 228. The molecule has 0 spiro atoms. The second-order valence-electron chi connectivity index (χ2n) is 1.88. The van der Waals surface area contributed by atoms with E-state index in [-0.39, 0.29) is 0 Å². The number of aryl methyl sites for hydroxylation is 1. The van der Waals surface area contributed by atoms with Crippen molar-refractivity contribution in [2.75, 3.05) is 0 Å². The fourth-order valence-corrected chi connectivity index (χ4v) is 0.561. The molecule has 0 fully saturated rings. The summed E-state index contributed by atoms with van der Waals surface area (Å²) in [6, 6.07) is 0. The molecule has 0 N–H and O–H groups in total. The van der Waals surface area contributed by atoms with Crippen molar-refractivity contribution < 1.29 is 0 Å². The van der Waals surface area contributed by atoms with Gasteiger partial charge in [0.1, 0.15) is 0 Å². The number of nitrogens with zero attached hydrogens (tertiary/aromatic N) is 3. The minimum atomic E-state index is 0.796. The van der Waals surface area contributed by atoms with Crippen LogP contribution in [0.5, 0.6) is 0 Å². The summed E-state index contributed by atoms with van der Waals surface area (Å²) in [6.07, 6.45) is 1.61. The highest BCUT2D eigenvalue weighted by Gasteiger charge is 1.98. The molecule has 0 saturated heterocycles. The second kappa shape index (κ2) is 1.97. The van der Waals surface area contributed by atoms with E-state index in [0.29, 0.717) is 0 Å². The first kappa shape index (κ1) is 5.94. The minimum absolute atomic E-state index is 0.796. The first-order valence-corrected chi connectivity index (χ1v) is 2.60. The molecule has 0 unspecified atom stereocenters. The lowest BCUT2D eigenvalue weighted by molar-refractivity contribution is 0.706. The molecule has 0 radical (unpaired) electrons. The third-order valence-corrected chi connectivity index (χ3v) is 1.31. The van der Waals surface area contributed by atoms with E-state index in [1.54, 1.807) is 13.1 Å².